The van der Waals surface area contributed by atoms with Crippen molar-refractivity contribution in [2.45, 2.75) is 56.3 Å². The number of likely N-dealkylation sites (tertiary alicyclic amines) is 2. The summed E-state index contributed by atoms with van der Waals surface area (Å²) < 4.78 is 0. The zero-order valence-corrected chi connectivity index (χ0v) is 20.2. The number of piperidine rings is 2. The van der Waals surface area contributed by atoms with Gasteiger partial charge in [-0.15, -0.1) is 0 Å². The molecule has 6 nitrogen and oxygen atoms in total. The predicted octanol–water partition coefficient (Wildman–Crippen LogP) is 3.78. The summed E-state index contributed by atoms with van der Waals surface area (Å²) in [5.41, 5.74) is 1.01. The molecule has 5 rings (SSSR count). The monoisotopic (exact) mass is 454 g/mol. The molecule has 0 bridgehead atoms. The van der Waals surface area contributed by atoms with E-state index in [9.17, 15) is 0 Å². The summed E-state index contributed by atoms with van der Waals surface area (Å²) in [6, 6.07) is 5.49. The third-order valence-corrected chi connectivity index (χ3v) is 8.09. The van der Waals surface area contributed by atoms with Crippen molar-refractivity contribution in [3.8, 4) is 0 Å². The van der Waals surface area contributed by atoms with Gasteiger partial charge in [-0.25, -0.2) is 0 Å². The van der Waals surface area contributed by atoms with Crippen molar-refractivity contribution in [2.75, 3.05) is 40.8 Å². The van der Waals surface area contributed by atoms with Crippen molar-refractivity contribution in [3.05, 3.63) is 53.1 Å². The average molecular weight is 455 g/mol. The first-order valence-corrected chi connectivity index (χ1v) is 12.4. The zero-order valence-electron chi connectivity index (χ0n) is 19.5. The maximum atomic E-state index is 6.51. The second-order valence-corrected chi connectivity index (χ2v) is 10.2. The van der Waals surface area contributed by atoms with Gasteiger partial charge in [0.2, 0.25) is 0 Å². The number of likely N-dealkylation sites (N-methyl/N-ethyl adjacent to an activating group) is 1. The van der Waals surface area contributed by atoms with Gasteiger partial charge >= 0.3 is 0 Å². The summed E-state index contributed by atoms with van der Waals surface area (Å²) >= 11 is 6.51. The van der Waals surface area contributed by atoms with Gasteiger partial charge in [0.05, 0.1) is 22.8 Å². The Bertz CT molecular complexity index is 917. The number of hydrogen-bond acceptors (Lipinski definition) is 6. The Labute approximate surface area is 197 Å². The Morgan fingerprint density at radius 2 is 1.94 bits per heavy atom. The van der Waals surface area contributed by atoms with E-state index in [4.69, 9.17) is 16.6 Å². The topological polar surface area (TPSA) is 38.2 Å². The van der Waals surface area contributed by atoms with Gasteiger partial charge in [-0.1, -0.05) is 17.7 Å². The fraction of sp³-hybridized carbons (Fsp3) is 0.600. The first-order chi connectivity index (χ1) is 15.5. The molecule has 0 aromatic carbocycles. The standard InChI is InChI=1S/C25H35ClN6/c1-29(2)18-12-15-31(16-13-18)24-11-5-10-23-28-20(17-32(23)24)21-8-4-9-22(30(21)3)25-19(26)7-6-14-27-25/h5-7,10-11,14,18,20-22H,4,8-9,12-13,15-17H2,1-3H3/t20?,21-,22+/m1/s1. The molecule has 0 amide bonds. The molecule has 4 aliphatic rings. The molecule has 1 unspecified atom stereocenters. The molecule has 1 aromatic rings. The minimum atomic E-state index is 0.260. The molecule has 172 valence electrons. The maximum absolute atomic E-state index is 6.51. The van der Waals surface area contributed by atoms with E-state index in [1.807, 2.05) is 18.3 Å². The van der Waals surface area contributed by atoms with Gasteiger partial charge in [0, 0.05) is 37.9 Å². The Morgan fingerprint density at radius 1 is 1.12 bits per heavy atom. The average Bonchev–Trinajstić information content (AvgIpc) is 3.24. The first kappa shape index (κ1) is 21.9. The highest BCUT2D eigenvalue weighted by Gasteiger charge is 2.40. The molecule has 4 aliphatic heterocycles. The number of aromatic nitrogens is 1. The predicted molar refractivity (Wildman–Crippen MR) is 131 cm³/mol. The van der Waals surface area contributed by atoms with Crippen molar-refractivity contribution in [1.29, 1.82) is 0 Å². The number of hydrogen-bond donors (Lipinski definition) is 0. The highest BCUT2D eigenvalue weighted by atomic mass is 35.5. The second kappa shape index (κ2) is 9.16. The molecule has 3 atom stereocenters. The molecule has 0 spiro atoms. The molecule has 0 radical (unpaired) electrons. The number of rotatable bonds is 4. The summed E-state index contributed by atoms with van der Waals surface area (Å²) in [5.74, 6) is 2.45. The summed E-state index contributed by atoms with van der Waals surface area (Å²) in [5, 5.41) is 0.773. The van der Waals surface area contributed by atoms with E-state index in [2.05, 4.69) is 64.0 Å². The quantitative estimate of drug-likeness (QED) is 0.692. The Morgan fingerprint density at radius 3 is 2.69 bits per heavy atom. The van der Waals surface area contributed by atoms with Crippen LogP contribution in [0.4, 0.5) is 0 Å². The van der Waals surface area contributed by atoms with Crippen LogP contribution in [0.3, 0.4) is 0 Å². The van der Waals surface area contributed by atoms with Crippen LogP contribution in [0.5, 0.6) is 0 Å². The normalized spacial score (nSPS) is 29.3. The minimum absolute atomic E-state index is 0.260. The van der Waals surface area contributed by atoms with Crippen molar-refractivity contribution in [3.63, 3.8) is 0 Å². The lowest BCUT2D eigenvalue weighted by Crippen LogP contribution is -2.49. The lowest BCUT2D eigenvalue weighted by Gasteiger charge is -2.43. The van der Waals surface area contributed by atoms with E-state index in [-0.39, 0.29) is 12.1 Å². The lowest BCUT2D eigenvalue weighted by molar-refractivity contribution is 0.0910. The van der Waals surface area contributed by atoms with Crippen LogP contribution in [-0.2, 0) is 0 Å². The molecule has 0 N–H and O–H groups in total. The number of nitrogens with zero attached hydrogens (tertiary/aromatic N) is 6. The molecule has 2 saturated heterocycles. The van der Waals surface area contributed by atoms with E-state index in [1.54, 1.807) is 0 Å². The van der Waals surface area contributed by atoms with Gasteiger partial charge in [0.1, 0.15) is 11.7 Å². The highest BCUT2D eigenvalue weighted by molar-refractivity contribution is 6.31. The van der Waals surface area contributed by atoms with Crippen LogP contribution < -0.4 is 0 Å². The van der Waals surface area contributed by atoms with Gasteiger partial charge < -0.3 is 14.7 Å². The van der Waals surface area contributed by atoms with Crippen LogP contribution in [0.2, 0.25) is 5.02 Å². The van der Waals surface area contributed by atoms with Gasteiger partial charge in [-0.05, 0) is 77.5 Å². The molecule has 0 aliphatic carbocycles. The smallest absolute Gasteiger partial charge is 0.129 e. The Balaban J connectivity index is 1.29. The van der Waals surface area contributed by atoms with Gasteiger partial charge in [0.15, 0.2) is 0 Å². The highest BCUT2D eigenvalue weighted by Crippen LogP contribution is 2.38. The minimum Gasteiger partial charge on any atom is -0.358 e. The number of pyridine rings is 1. The molecule has 5 heterocycles. The van der Waals surface area contributed by atoms with Crippen molar-refractivity contribution >= 4 is 17.4 Å². The molecule has 7 heteroatoms. The second-order valence-electron chi connectivity index (χ2n) is 9.78. The van der Waals surface area contributed by atoms with Crippen molar-refractivity contribution in [1.82, 2.24) is 24.6 Å². The fourth-order valence-electron chi connectivity index (χ4n) is 5.91. The van der Waals surface area contributed by atoms with Crippen LogP contribution in [0.25, 0.3) is 0 Å². The van der Waals surface area contributed by atoms with E-state index in [0.29, 0.717) is 12.1 Å². The van der Waals surface area contributed by atoms with Crippen molar-refractivity contribution in [2.24, 2.45) is 4.99 Å². The maximum Gasteiger partial charge on any atom is 0.129 e. The summed E-state index contributed by atoms with van der Waals surface area (Å²) in [7, 11) is 6.63. The SMILES string of the molecule is CN(C)C1CCN(C2=CC=CC3=NC([C@H]4CCC[C@@H](c5ncccc5Cl)N4C)CN23)CC1. The number of amidine groups is 1. The molecule has 32 heavy (non-hydrogen) atoms. The number of fused-ring (bicyclic) bond motifs is 1. The van der Waals surface area contributed by atoms with E-state index >= 15 is 0 Å². The van der Waals surface area contributed by atoms with Crippen LogP contribution in [-0.4, -0.2) is 89.3 Å². The number of allylic oxidation sites excluding steroid dienone is 2. The van der Waals surface area contributed by atoms with Crippen LogP contribution in [0, 0.1) is 0 Å². The molecule has 1 aromatic heterocycles. The van der Waals surface area contributed by atoms with Gasteiger partial charge in [-0.2, -0.15) is 0 Å². The van der Waals surface area contributed by atoms with Crippen molar-refractivity contribution < 1.29 is 0 Å². The van der Waals surface area contributed by atoms with E-state index in [1.165, 1.54) is 31.5 Å². The van der Waals surface area contributed by atoms with Gasteiger partial charge in [-0.3, -0.25) is 14.9 Å². The Kier molecular flexibility index (Phi) is 6.28. The van der Waals surface area contributed by atoms with E-state index in [0.717, 1.165) is 42.6 Å². The van der Waals surface area contributed by atoms with Crippen LogP contribution in [0.1, 0.15) is 43.8 Å². The third-order valence-electron chi connectivity index (χ3n) is 7.77. The molecule has 0 saturated carbocycles. The van der Waals surface area contributed by atoms with Crippen LogP contribution in [0.15, 0.2) is 47.4 Å². The number of halogens is 1. The molecule has 2 fully saturated rings. The third kappa shape index (κ3) is 4.09. The number of aliphatic imine (C=N–C) groups is 1. The first-order valence-electron chi connectivity index (χ1n) is 12.0. The molecular formula is C25H35ClN6. The fourth-order valence-corrected chi connectivity index (χ4v) is 6.15. The van der Waals surface area contributed by atoms with Crippen LogP contribution >= 0.6 is 11.6 Å². The Hall–Kier alpha value is -1.89. The molecular weight excluding hydrogens is 420 g/mol. The summed E-state index contributed by atoms with van der Waals surface area (Å²) in [4.78, 5) is 19.7. The lowest BCUT2D eigenvalue weighted by atomic mass is 9.90. The van der Waals surface area contributed by atoms with E-state index < -0.39 is 0 Å². The summed E-state index contributed by atoms with van der Waals surface area (Å²) in [6.45, 7) is 3.18. The zero-order chi connectivity index (χ0) is 22.2. The largest absolute Gasteiger partial charge is 0.358 e. The summed E-state index contributed by atoms with van der Waals surface area (Å²) in [6.07, 6.45) is 14.4. The van der Waals surface area contributed by atoms with Gasteiger partial charge in [0.25, 0.3) is 0 Å².